The predicted octanol–water partition coefficient (Wildman–Crippen LogP) is 4.34. The van der Waals surface area contributed by atoms with E-state index in [0.29, 0.717) is 5.92 Å². The minimum absolute atomic E-state index is 0.203. The monoisotopic (exact) mass is 278 g/mol. The second kappa shape index (κ2) is 6.14. The van der Waals surface area contributed by atoms with Crippen LogP contribution >= 0.6 is 0 Å². The molecular formula is C18H19AlO. The van der Waals surface area contributed by atoms with Crippen molar-refractivity contribution in [1.82, 2.24) is 0 Å². The average Bonchev–Trinajstić information content (AvgIpc) is 2.56. The van der Waals surface area contributed by atoms with Crippen LogP contribution in [0.2, 0.25) is 0 Å². The highest BCUT2D eigenvalue weighted by Gasteiger charge is 2.41. The van der Waals surface area contributed by atoms with Gasteiger partial charge in [0.05, 0.1) is 5.60 Å². The first kappa shape index (κ1) is 13.9. The molecule has 20 heavy (non-hydrogen) atoms. The minimum atomic E-state index is -0.203. The zero-order chi connectivity index (χ0) is 13.8. The Labute approximate surface area is 129 Å². The Balaban J connectivity index is 2.06. The van der Waals surface area contributed by atoms with Crippen LogP contribution in [-0.2, 0) is 9.39 Å². The van der Waals surface area contributed by atoms with E-state index >= 15 is 0 Å². The molecule has 2 atom stereocenters. The zero-order valence-electron chi connectivity index (χ0n) is 11.7. The van der Waals surface area contributed by atoms with Crippen molar-refractivity contribution in [3.05, 3.63) is 71.8 Å². The zero-order valence-corrected chi connectivity index (χ0v) is 12.8. The van der Waals surface area contributed by atoms with Crippen molar-refractivity contribution in [2.75, 3.05) is 0 Å². The standard InChI is InChI=1S/C18H19O.Al/c19-18(16-11-5-2-6-12-16)14-8-7-13-17(18)15-9-3-1-4-10-15;/h1-6,9-12,17H,7-8,13-14H2;/q-1;+1. The maximum atomic E-state index is 6.05. The number of hydrogen-bond donors (Lipinski definition) is 0. The number of benzene rings is 2. The van der Waals surface area contributed by atoms with Crippen LogP contribution < -0.4 is 0 Å². The van der Waals surface area contributed by atoms with Gasteiger partial charge in [0.2, 0.25) is 0 Å². The summed E-state index contributed by atoms with van der Waals surface area (Å²) < 4.78 is 6.05. The van der Waals surface area contributed by atoms with Gasteiger partial charge in [0, 0.05) is 5.92 Å². The molecule has 1 nitrogen and oxygen atoms in total. The van der Waals surface area contributed by atoms with E-state index in [-0.39, 0.29) is 5.60 Å². The third kappa shape index (κ3) is 2.44. The second-order valence-electron chi connectivity index (χ2n) is 5.58. The topological polar surface area (TPSA) is 9.23 Å². The lowest BCUT2D eigenvalue weighted by molar-refractivity contribution is 0.0115. The molecule has 0 aliphatic heterocycles. The van der Waals surface area contributed by atoms with Gasteiger partial charge in [0.15, 0.2) is 0 Å². The molecule has 3 rings (SSSR count). The lowest BCUT2D eigenvalue weighted by Crippen LogP contribution is -2.38. The van der Waals surface area contributed by atoms with Gasteiger partial charge in [0.1, 0.15) is 0 Å². The normalized spacial score (nSPS) is 26.3. The summed E-state index contributed by atoms with van der Waals surface area (Å²) in [6, 6.07) is 21.5. The van der Waals surface area contributed by atoms with Crippen LogP contribution in [-0.4, -0.2) is 16.6 Å². The van der Waals surface area contributed by atoms with E-state index in [2.05, 4.69) is 77.3 Å². The summed E-state index contributed by atoms with van der Waals surface area (Å²) in [5, 5.41) is 0. The molecule has 0 bridgehead atoms. The molecule has 2 radical (unpaired) electrons. The van der Waals surface area contributed by atoms with Crippen molar-refractivity contribution >= 4 is 16.6 Å². The van der Waals surface area contributed by atoms with E-state index < -0.39 is 0 Å². The Bertz CT molecular complexity index is 540. The van der Waals surface area contributed by atoms with Crippen molar-refractivity contribution < 1.29 is 3.79 Å². The Kier molecular flexibility index (Phi) is 4.27. The summed E-state index contributed by atoms with van der Waals surface area (Å²) in [5.74, 6) is 0.428. The fourth-order valence-electron chi connectivity index (χ4n) is 3.54. The summed E-state index contributed by atoms with van der Waals surface area (Å²) in [6.07, 6.45) is 4.78. The largest absolute Gasteiger partial charge is 0.508 e. The lowest BCUT2D eigenvalue weighted by Gasteiger charge is -2.45. The highest BCUT2D eigenvalue weighted by Crippen LogP contribution is 2.49. The fourth-order valence-corrected chi connectivity index (χ4v) is 3.96. The summed E-state index contributed by atoms with van der Waals surface area (Å²) >= 11 is 2.52. The van der Waals surface area contributed by atoms with Gasteiger partial charge in [-0.05, 0) is 24.0 Å². The van der Waals surface area contributed by atoms with E-state index in [0.717, 1.165) is 6.42 Å². The van der Waals surface area contributed by atoms with E-state index in [1.807, 2.05) is 0 Å². The van der Waals surface area contributed by atoms with E-state index in [4.69, 9.17) is 3.79 Å². The molecular weight excluding hydrogens is 259 g/mol. The molecule has 2 aromatic carbocycles. The highest BCUT2D eigenvalue weighted by atomic mass is 27.1. The fraction of sp³-hybridized carbons (Fsp3) is 0.333. The van der Waals surface area contributed by atoms with Gasteiger partial charge in [0.25, 0.3) is 0 Å². The van der Waals surface area contributed by atoms with Crippen molar-refractivity contribution in [1.29, 1.82) is 0 Å². The first-order chi connectivity index (χ1) is 9.87. The molecule has 1 saturated carbocycles. The maximum absolute atomic E-state index is 6.05. The Hall–Kier alpha value is -1.07. The van der Waals surface area contributed by atoms with E-state index in [1.165, 1.54) is 30.4 Å². The number of rotatable bonds is 3. The van der Waals surface area contributed by atoms with Crippen LogP contribution in [0.5, 0.6) is 0 Å². The Morgan fingerprint density at radius 2 is 1.55 bits per heavy atom. The van der Waals surface area contributed by atoms with Crippen molar-refractivity contribution in [2.24, 2.45) is 0 Å². The molecule has 100 valence electrons. The summed E-state index contributed by atoms with van der Waals surface area (Å²) in [5.41, 5.74) is 2.48. The predicted molar refractivity (Wildman–Crippen MR) is 82.6 cm³/mol. The van der Waals surface area contributed by atoms with Crippen LogP contribution in [0.15, 0.2) is 60.7 Å². The molecule has 0 saturated heterocycles. The smallest absolute Gasteiger partial charge is 0.370 e. The molecule has 1 aliphatic rings. The van der Waals surface area contributed by atoms with Gasteiger partial charge in [-0.2, -0.15) is 0 Å². The quantitative estimate of drug-likeness (QED) is 0.759. The first-order valence-electron chi connectivity index (χ1n) is 7.35. The lowest BCUT2D eigenvalue weighted by atomic mass is 9.69. The SMILES string of the molecule is [Al][O]C1(c2ccccc2)CCCCC1c1ccccc1. The first-order valence-corrected chi connectivity index (χ1v) is 7.82. The van der Waals surface area contributed by atoms with E-state index in [9.17, 15) is 0 Å². The Morgan fingerprint density at radius 1 is 0.900 bits per heavy atom. The summed E-state index contributed by atoms with van der Waals surface area (Å²) in [6.45, 7) is 0. The van der Waals surface area contributed by atoms with E-state index in [1.54, 1.807) is 0 Å². The van der Waals surface area contributed by atoms with Crippen molar-refractivity contribution in [3.63, 3.8) is 0 Å². The van der Waals surface area contributed by atoms with Gasteiger partial charge in [-0.1, -0.05) is 73.5 Å². The minimum Gasteiger partial charge on any atom is -0.508 e. The van der Waals surface area contributed by atoms with Gasteiger partial charge in [-0.25, -0.2) is 0 Å². The Morgan fingerprint density at radius 3 is 2.20 bits per heavy atom. The maximum Gasteiger partial charge on any atom is 0.370 e. The highest BCUT2D eigenvalue weighted by molar-refractivity contribution is 5.98. The second-order valence-corrected chi connectivity index (χ2v) is 5.82. The van der Waals surface area contributed by atoms with Gasteiger partial charge < -0.3 is 3.79 Å². The molecule has 1 aliphatic carbocycles. The van der Waals surface area contributed by atoms with Gasteiger partial charge in [-0.3, -0.25) is 0 Å². The molecule has 0 heterocycles. The van der Waals surface area contributed by atoms with Gasteiger partial charge in [-0.15, -0.1) is 0 Å². The van der Waals surface area contributed by atoms with Crippen LogP contribution in [0.3, 0.4) is 0 Å². The number of hydrogen-bond acceptors (Lipinski definition) is 1. The molecule has 1 fully saturated rings. The van der Waals surface area contributed by atoms with Crippen molar-refractivity contribution in [3.8, 4) is 0 Å². The van der Waals surface area contributed by atoms with Crippen LogP contribution in [0, 0.1) is 0 Å². The molecule has 2 unspecified atom stereocenters. The van der Waals surface area contributed by atoms with Crippen LogP contribution in [0.4, 0.5) is 0 Å². The third-order valence-corrected chi connectivity index (χ3v) is 4.95. The van der Waals surface area contributed by atoms with Crippen LogP contribution in [0.1, 0.15) is 42.7 Å². The molecule has 0 amide bonds. The van der Waals surface area contributed by atoms with Crippen molar-refractivity contribution in [2.45, 2.75) is 37.2 Å². The molecule has 0 aromatic heterocycles. The van der Waals surface area contributed by atoms with Crippen LogP contribution in [0.25, 0.3) is 0 Å². The molecule has 2 aromatic rings. The van der Waals surface area contributed by atoms with Gasteiger partial charge >= 0.3 is 16.6 Å². The third-order valence-electron chi connectivity index (χ3n) is 4.53. The summed E-state index contributed by atoms with van der Waals surface area (Å²) in [4.78, 5) is 0. The summed E-state index contributed by atoms with van der Waals surface area (Å²) in [7, 11) is 0. The molecule has 0 N–H and O–H groups in total. The molecule has 0 spiro atoms. The average molecular weight is 278 g/mol. The molecule has 2 heteroatoms.